The molecule has 0 saturated carbocycles. The molecule has 2 fully saturated rings. The maximum absolute atomic E-state index is 13.2. The highest BCUT2D eigenvalue weighted by atomic mass is 16.1. The molecule has 2 aromatic heterocycles. The van der Waals surface area contributed by atoms with E-state index < -0.39 is 0 Å². The van der Waals surface area contributed by atoms with Gasteiger partial charge < -0.3 is 14.8 Å². The first kappa shape index (κ1) is 24.3. The molecule has 2 saturated heterocycles. The predicted molar refractivity (Wildman–Crippen MR) is 145 cm³/mol. The van der Waals surface area contributed by atoms with Gasteiger partial charge in [-0.15, -0.1) is 0 Å². The number of imidazole rings is 1. The van der Waals surface area contributed by atoms with Gasteiger partial charge in [-0.2, -0.15) is 0 Å². The zero-order valence-corrected chi connectivity index (χ0v) is 22.0. The van der Waals surface area contributed by atoms with Crippen molar-refractivity contribution in [1.82, 2.24) is 29.7 Å². The number of nitrogens with one attached hydrogen (secondary N) is 1. The summed E-state index contributed by atoms with van der Waals surface area (Å²) in [7, 11) is 0. The Morgan fingerprint density at radius 3 is 2.78 bits per heavy atom. The minimum Gasteiger partial charge on any atom is -0.355 e. The number of likely N-dealkylation sites (tertiary alicyclic amines) is 1. The van der Waals surface area contributed by atoms with Crippen LogP contribution in [0.25, 0.3) is 11.2 Å². The van der Waals surface area contributed by atoms with Crippen molar-refractivity contribution >= 4 is 22.9 Å². The Morgan fingerprint density at radius 2 is 1.89 bits per heavy atom. The van der Waals surface area contributed by atoms with E-state index in [1.807, 2.05) is 0 Å². The third-order valence-electron chi connectivity index (χ3n) is 8.43. The molecule has 0 aliphatic carbocycles. The maximum atomic E-state index is 13.2. The molecule has 5 heterocycles. The van der Waals surface area contributed by atoms with Crippen LogP contribution in [0.2, 0.25) is 0 Å². The molecule has 3 aliphatic rings. The quantitative estimate of drug-likeness (QED) is 0.555. The standard InChI is InChI=1S/C29H39N7O/c1-21-8-10-22(11-9-21)17-34-15-12-23(18-34)16-30-29(37)24-6-5-13-35(19-24)27-26-28(32-20-31-27)36-14-4-2-3-7-25(36)33-26/h8-11,20,23-24H,2-7,12-19H2,1H3,(H,30,37)/t23-,24+/m0/s1. The lowest BCUT2D eigenvalue weighted by molar-refractivity contribution is -0.125. The Hall–Kier alpha value is -3.00. The van der Waals surface area contributed by atoms with Crippen LogP contribution in [0.4, 0.5) is 5.82 Å². The summed E-state index contributed by atoms with van der Waals surface area (Å²) < 4.78 is 2.28. The molecule has 1 aromatic carbocycles. The Labute approximate surface area is 219 Å². The highest BCUT2D eigenvalue weighted by molar-refractivity contribution is 5.85. The fourth-order valence-electron chi connectivity index (χ4n) is 6.30. The van der Waals surface area contributed by atoms with E-state index in [-0.39, 0.29) is 11.8 Å². The summed E-state index contributed by atoms with van der Waals surface area (Å²) in [6, 6.07) is 8.83. The van der Waals surface area contributed by atoms with Crippen LogP contribution in [0.5, 0.6) is 0 Å². The molecule has 196 valence electrons. The minimum atomic E-state index is -0.00994. The van der Waals surface area contributed by atoms with Crippen molar-refractivity contribution in [3.63, 3.8) is 0 Å². The van der Waals surface area contributed by atoms with Gasteiger partial charge in [-0.05, 0) is 57.1 Å². The van der Waals surface area contributed by atoms with Crippen molar-refractivity contribution in [2.45, 2.75) is 65.0 Å². The second-order valence-electron chi connectivity index (χ2n) is 11.3. The van der Waals surface area contributed by atoms with Crippen LogP contribution < -0.4 is 10.2 Å². The zero-order chi connectivity index (χ0) is 25.2. The lowest BCUT2D eigenvalue weighted by Crippen LogP contribution is -2.44. The molecular weight excluding hydrogens is 462 g/mol. The molecule has 0 spiro atoms. The first-order valence-corrected chi connectivity index (χ1v) is 14.1. The van der Waals surface area contributed by atoms with Crippen molar-refractivity contribution in [3.8, 4) is 0 Å². The first-order chi connectivity index (χ1) is 18.1. The molecule has 6 rings (SSSR count). The average Bonchev–Trinajstić information content (AvgIpc) is 3.44. The summed E-state index contributed by atoms with van der Waals surface area (Å²) in [5, 5.41) is 3.30. The summed E-state index contributed by atoms with van der Waals surface area (Å²) in [6.07, 6.45) is 9.35. The number of piperidine rings is 1. The van der Waals surface area contributed by atoms with Crippen LogP contribution in [0.15, 0.2) is 30.6 Å². The van der Waals surface area contributed by atoms with Gasteiger partial charge in [0.15, 0.2) is 17.0 Å². The average molecular weight is 502 g/mol. The predicted octanol–water partition coefficient (Wildman–Crippen LogP) is 3.72. The normalized spacial score (nSPS) is 22.7. The lowest BCUT2D eigenvalue weighted by atomic mass is 9.96. The Balaban J connectivity index is 1.05. The fourth-order valence-corrected chi connectivity index (χ4v) is 6.30. The molecular formula is C29H39N7O. The van der Waals surface area contributed by atoms with Crippen LogP contribution >= 0.6 is 0 Å². The van der Waals surface area contributed by atoms with E-state index in [2.05, 4.69) is 60.8 Å². The number of amides is 1. The van der Waals surface area contributed by atoms with Gasteiger partial charge in [0.1, 0.15) is 12.2 Å². The van der Waals surface area contributed by atoms with Crippen LogP contribution in [0, 0.1) is 18.8 Å². The smallest absolute Gasteiger partial charge is 0.224 e. The van der Waals surface area contributed by atoms with E-state index in [4.69, 9.17) is 4.98 Å². The van der Waals surface area contributed by atoms with Crippen molar-refractivity contribution in [2.75, 3.05) is 37.6 Å². The second kappa shape index (κ2) is 10.8. The molecule has 0 bridgehead atoms. The van der Waals surface area contributed by atoms with E-state index in [0.717, 1.165) is 87.8 Å². The number of hydrogen-bond donors (Lipinski definition) is 1. The largest absolute Gasteiger partial charge is 0.355 e. The highest BCUT2D eigenvalue weighted by Gasteiger charge is 2.30. The molecule has 0 radical (unpaired) electrons. The number of hydrogen-bond acceptors (Lipinski definition) is 6. The van der Waals surface area contributed by atoms with E-state index >= 15 is 0 Å². The molecule has 8 heteroatoms. The SMILES string of the molecule is Cc1ccc(CN2CC[C@@H](CNC(=O)[C@@H]3CCCN(c4ncnc5c4nc4n5CCCCC4)C3)C2)cc1. The molecule has 3 aliphatic heterocycles. The number of rotatable bonds is 6. The number of fused-ring (bicyclic) bond motifs is 3. The molecule has 0 unspecified atom stereocenters. The van der Waals surface area contributed by atoms with Gasteiger partial charge in [-0.3, -0.25) is 9.69 Å². The number of aromatic nitrogens is 4. The molecule has 37 heavy (non-hydrogen) atoms. The maximum Gasteiger partial charge on any atom is 0.224 e. The minimum absolute atomic E-state index is 0.00994. The second-order valence-corrected chi connectivity index (χ2v) is 11.3. The van der Waals surface area contributed by atoms with Crippen LogP contribution in [-0.4, -0.2) is 63.0 Å². The molecule has 3 aromatic rings. The van der Waals surface area contributed by atoms with Gasteiger partial charge in [0.2, 0.25) is 5.91 Å². The van der Waals surface area contributed by atoms with E-state index in [1.54, 1.807) is 6.33 Å². The fraction of sp³-hybridized carbons (Fsp3) is 0.586. The number of aryl methyl sites for hydroxylation is 3. The third kappa shape index (κ3) is 5.35. The summed E-state index contributed by atoms with van der Waals surface area (Å²) in [5.41, 5.74) is 4.52. The summed E-state index contributed by atoms with van der Waals surface area (Å²) in [4.78, 5) is 32.2. The van der Waals surface area contributed by atoms with Crippen molar-refractivity contribution in [2.24, 2.45) is 11.8 Å². The van der Waals surface area contributed by atoms with E-state index in [1.165, 1.54) is 30.4 Å². The number of anilines is 1. The molecule has 2 atom stereocenters. The number of benzene rings is 1. The van der Waals surface area contributed by atoms with Gasteiger partial charge in [0.25, 0.3) is 0 Å². The van der Waals surface area contributed by atoms with Gasteiger partial charge >= 0.3 is 0 Å². The van der Waals surface area contributed by atoms with Crippen LogP contribution in [0.1, 0.15) is 55.5 Å². The Kier molecular flexibility index (Phi) is 7.09. The first-order valence-electron chi connectivity index (χ1n) is 14.1. The van der Waals surface area contributed by atoms with E-state index in [9.17, 15) is 4.79 Å². The lowest BCUT2D eigenvalue weighted by Gasteiger charge is -2.33. The molecule has 8 nitrogen and oxygen atoms in total. The Bertz CT molecular complexity index is 1240. The van der Waals surface area contributed by atoms with Gasteiger partial charge in [-0.1, -0.05) is 36.2 Å². The van der Waals surface area contributed by atoms with E-state index in [0.29, 0.717) is 12.5 Å². The number of nitrogens with zero attached hydrogens (tertiary/aromatic N) is 6. The summed E-state index contributed by atoms with van der Waals surface area (Å²) in [6.45, 7) is 8.64. The summed E-state index contributed by atoms with van der Waals surface area (Å²) in [5.74, 6) is 2.73. The van der Waals surface area contributed by atoms with Crippen LogP contribution in [-0.2, 0) is 24.3 Å². The highest BCUT2D eigenvalue weighted by Crippen LogP contribution is 2.29. The summed E-state index contributed by atoms with van der Waals surface area (Å²) >= 11 is 0. The monoisotopic (exact) mass is 501 g/mol. The molecule has 1 N–H and O–H groups in total. The number of carbonyl (C=O) groups is 1. The van der Waals surface area contributed by atoms with Crippen molar-refractivity contribution in [3.05, 3.63) is 47.5 Å². The van der Waals surface area contributed by atoms with Crippen LogP contribution in [0.3, 0.4) is 0 Å². The van der Waals surface area contributed by atoms with Gasteiger partial charge in [0.05, 0.1) is 5.92 Å². The third-order valence-corrected chi connectivity index (χ3v) is 8.43. The van der Waals surface area contributed by atoms with Crippen molar-refractivity contribution < 1.29 is 4.79 Å². The van der Waals surface area contributed by atoms with Gasteiger partial charge in [-0.25, -0.2) is 15.0 Å². The number of carbonyl (C=O) groups excluding carboxylic acids is 1. The van der Waals surface area contributed by atoms with Gasteiger partial charge in [0, 0.05) is 45.7 Å². The van der Waals surface area contributed by atoms with Crippen molar-refractivity contribution in [1.29, 1.82) is 0 Å². The zero-order valence-electron chi connectivity index (χ0n) is 22.0. The molecule has 1 amide bonds. The topological polar surface area (TPSA) is 79.2 Å². The Morgan fingerprint density at radius 1 is 1.00 bits per heavy atom.